The van der Waals surface area contributed by atoms with Gasteiger partial charge in [0.25, 0.3) is 0 Å². The molecule has 3 nitrogen and oxygen atoms in total. The van der Waals surface area contributed by atoms with Crippen molar-refractivity contribution in [3.63, 3.8) is 0 Å². The highest BCUT2D eigenvalue weighted by Gasteiger charge is 2.49. The maximum atomic E-state index is 5.65. The van der Waals surface area contributed by atoms with Crippen molar-refractivity contribution in [2.75, 3.05) is 0 Å². The van der Waals surface area contributed by atoms with Crippen LogP contribution in [0.25, 0.3) is 91.4 Å². The van der Waals surface area contributed by atoms with Crippen molar-refractivity contribution >= 4 is 121 Å². The number of rotatable bonds is 4. The maximum absolute atomic E-state index is 5.65. The molecule has 12 aromatic carbocycles. The lowest BCUT2D eigenvalue weighted by Crippen LogP contribution is -2.72. The Balaban J connectivity index is 0.000000140. The van der Waals surface area contributed by atoms with Crippen molar-refractivity contribution in [2.45, 2.75) is 135 Å². The van der Waals surface area contributed by atoms with Gasteiger partial charge in [-0.15, -0.1) is 11.3 Å². The van der Waals surface area contributed by atoms with Gasteiger partial charge in [0.2, 0.25) is 0 Å². The van der Waals surface area contributed by atoms with Crippen molar-refractivity contribution < 1.29 is 4.42 Å². The van der Waals surface area contributed by atoms with Crippen LogP contribution in [0, 0.1) is 16.2 Å². The molecule has 0 unspecified atom stereocenters. The summed E-state index contributed by atoms with van der Waals surface area (Å²) in [5, 5.41) is 15.0. The van der Waals surface area contributed by atoms with Crippen molar-refractivity contribution in [3.05, 3.63) is 315 Å². The van der Waals surface area contributed by atoms with Crippen LogP contribution in [-0.2, 0) is 5.54 Å². The molecule has 0 aliphatic heterocycles. The quantitative estimate of drug-likeness (QED) is 0.127. The Hall–Kier alpha value is -9.52. The molecule has 0 saturated carbocycles. The van der Waals surface area contributed by atoms with Gasteiger partial charge in [-0.1, -0.05) is 359 Å². The van der Waals surface area contributed by atoms with Crippen LogP contribution in [0.15, 0.2) is 320 Å². The highest BCUT2D eigenvalue weighted by atomic mass is 32.1. The third-order valence-electron chi connectivity index (χ3n) is 16.2. The van der Waals surface area contributed by atoms with Crippen LogP contribution in [0.5, 0.6) is 0 Å². The first-order valence-corrected chi connectivity index (χ1v) is 38.2. The Labute approximate surface area is 602 Å². The molecule has 0 bridgehead atoms. The largest absolute Gasteiger partial charge is 0.456 e. The van der Waals surface area contributed by atoms with Gasteiger partial charge in [-0.3, -0.25) is 0 Å². The Bertz CT molecular complexity index is 4720. The summed E-state index contributed by atoms with van der Waals surface area (Å²) in [5.74, 6) is 0. The van der Waals surface area contributed by atoms with Crippen molar-refractivity contribution in [2.24, 2.45) is 16.2 Å². The molecule has 16 aromatic rings. The molecule has 0 aliphatic rings. The van der Waals surface area contributed by atoms with Crippen LogP contribution < -0.4 is 15.6 Å². The minimum atomic E-state index is -2.13. The lowest BCUT2D eigenvalue weighted by Gasteiger charge is -2.44. The topological polar surface area (TPSA) is 23.0 Å². The number of para-hydroxylation sites is 7. The molecule has 0 radical (unpaired) electrons. The maximum Gasteiger partial charge on any atom is 0.153 e. The van der Waals surface area contributed by atoms with E-state index in [0.29, 0.717) is 16.2 Å². The van der Waals surface area contributed by atoms with Crippen molar-refractivity contribution in [3.8, 4) is 5.69 Å². The number of hydrogen-bond donors (Lipinski definition) is 0. The first kappa shape index (κ1) is 74.7. The summed E-state index contributed by atoms with van der Waals surface area (Å²) in [7, 11) is -2.13. The van der Waals surface area contributed by atoms with Crippen LogP contribution in [0.3, 0.4) is 0 Å². The van der Waals surface area contributed by atoms with E-state index in [1.165, 1.54) is 95.8 Å². The highest BCUT2D eigenvalue weighted by Crippen LogP contribution is 2.38. The minimum absolute atomic E-state index is 0.0999. The lowest BCUT2D eigenvalue weighted by atomic mass is 10.0. The van der Waals surface area contributed by atoms with Gasteiger partial charge in [0.15, 0.2) is 8.07 Å². The Morgan fingerprint density at radius 2 is 0.490 bits per heavy atom. The second kappa shape index (κ2) is 32.6. The Morgan fingerprint density at radius 3 is 0.800 bits per heavy atom. The molecule has 100 heavy (non-hydrogen) atoms. The molecule has 5 heteroatoms. The average molecular weight is 1350 g/mol. The summed E-state index contributed by atoms with van der Waals surface area (Å²) < 4.78 is 13.2. The van der Waals surface area contributed by atoms with E-state index in [-0.39, 0.29) is 10.6 Å². The van der Waals surface area contributed by atoms with Gasteiger partial charge in [0.05, 0.1) is 11.0 Å². The standard InChI is InChI=1S/C22H24Si.C18H13N.C16H17N.C12H8O.C12H8S.3C5H12/c1-22(2,3)23(19-13-7-4-8-14-19,20-15-9-5-10-16-20)21-17-11-6-12-18-21;1-2-8-14(9-3-1)19-17-12-6-4-10-15(17)16-11-5-7-13-18(16)19;1-16(2,3)17-14-10-6-4-8-12(14)13-9-5-7-11-15(13)17;2*1-3-7-11-9(5-1)10-6-2-4-8-12(10)13-11;3*1-5(2,3)4/h4-18H,1-3H3;1-13H;4-11H,1-3H3;2*1-8H;3*1-4H3. The third-order valence-corrected chi connectivity index (χ3v) is 23.2. The Kier molecular flexibility index (Phi) is 24.4. The summed E-state index contributed by atoms with van der Waals surface area (Å²) in [5.41, 5.74) is 9.89. The van der Waals surface area contributed by atoms with Crippen LogP contribution >= 0.6 is 11.3 Å². The van der Waals surface area contributed by atoms with Gasteiger partial charge in [-0.25, -0.2) is 0 Å². The molecule has 4 heterocycles. The predicted octanol–water partition coefficient (Wildman–Crippen LogP) is 27.1. The average Bonchev–Trinajstić information content (AvgIpc) is 1.22. The van der Waals surface area contributed by atoms with Gasteiger partial charge >= 0.3 is 0 Å². The van der Waals surface area contributed by atoms with Gasteiger partial charge in [0, 0.05) is 74.7 Å². The van der Waals surface area contributed by atoms with E-state index >= 15 is 0 Å². The van der Waals surface area contributed by atoms with E-state index in [0.717, 1.165) is 11.2 Å². The number of aromatic nitrogens is 2. The SMILES string of the molecule is CC(C)(C)C.CC(C)(C)C.CC(C)(C)C.CC(C)(C)[Si](c1ccccc1)(c1ccccc1)c1ccccc1.CC(C)(C)n1c2ccccc2c2ccccc21.c1ccc(-n2c3ccccc3c3ccccc32)cc1.c1ccc2c(c1)oc1ccccc12.c1ccc2c(c1)sc1ccccc12. The van der Waals surface area contributed by atoms with Crippen LogP contribution in [0.1, 0.15) is 125 Å². The normalized spacial score (nSPS) is 11.7. The van der Waals surface area contributed by atoms with E-state index in [1.54, 1.807) is 0 Å². The molecular weight excluding hydrogens is 1250 g/mol. The van der Waals surface area contributed by atoms with Gasteiger partial charge in [-0.05, 0) is 118 Å². The van der Waals surface area contributed by atoms with Crippen LogP contribution in [0.4, 0.5) is 0 Å². The molecule has 0 atom stereocenters. The van der Waals surface area contributed by atoms with Crippen LogP contribution in [0.2, 0.25) is 5.04 Å². The number of hydrogen-bond acceptors (Lipinski definition) is 2. The van der Waals surface area contributed by atoms with Gasteiger partial charge < -0.3 is 13.6 Å². The number of nitrogens with zero attached hydrogens (tertiary/aromatic N) is 2. The summed E-state index contributed by atoms with van der Waals surface area (Å²) in [6.07, 6.45) is 0. The second-order valence-corrected chi connectivity index (χ2v) is 38.3. The molecule has 0 aliphatic carbocycles. The minimum Gasteiger partial charge on any atom is -0.456 e. The number of furan rings is 1. The summed E-state index contributed by atoms with van der Waals surface area (Å²) in [6.45, 7) is 40.2. The smallest absolute Gasteiger partial charge is 0.153 e. The number of benzene rings is 12. The fraction of sp³-hybridized carbons (Fsp3) is 0.242. The number of fused-ring (bicyclic) bond motifs is 12. The molecular formula is C95H106N2OSSi. The lowest BCUT2D eigenvalue weighted by molar-refractivity contribution is 0.423. The number of thiophene rings is 1. The van der Waals surface area contributed by atoms with Crippen molar-refractivity contribution in [1.29, 1.82) is 0 Å². The third kappa shape index (κ3) is 19.3. The van der Waals surface area contributed by atoms with Gasteiger partial charge in [-0.2, -0.15) is 0 Å². The molecule has 512 valence electrons. The molecule has 4 aromatic heterocycles. The fourth-order valence-electron chi connectivity index (χ4n) is 12.6. The zero-order valence-corrected chi connectivity index (χ0v) is 64.5. The molecule has 0 saturated heterocycles. The molecule has 16 rings (SSSR count). The molecule has 0 fully saturated rings. The Morgan fingerprint density at radius 1 is 0.250 bits per heavy atom. The summed E-state index contributed by atoms with van der Waals surface area (Å²) >= 11 is 1.86. The molecule has 0 spiro atoms. The van der Waals surface area contributed by atoms with E-state index in [9.17, 15) is 0 Å². The second-order valence-electron chi connectivity index (χ2n) is 32.5. The monoisotopic (exact) mass is 1350 g/mol. The summed E-state index contributed by atoms with van der Waals surface area (Å²) in [6, 6.07) is 112. The first-order valence-electron chi connectivity index (χ1n) is 35.4. The zero-order chi connectivity index (χ0) is 71.9. The van der Waals surface area contributed by atoms with Gasteiger partial charge in [0.1, 0.15) is 11.2 Å². The highest BCUT2D eigenvalue weighted by molar-refractivity contribution is 7.25. The predicted molar refractivity (Wildman–Crippen MR) is 447 cm³/mol. The zero-order valence-electron chi connectivity index (χ0n) is 62.7. The molecule has 0 N–H and O–H groups in total. The van der Waals surface area contributed by atoms with E-state index in [2.05, 4.69) is 413 Å². The molecule has 0 amide bonds. The van der Waals surface area contributed by atoms with Crippen molar-refractivity contribution in [1.82, 2.24) is 9.13 Å². The fourth-order valence-corrected chi connectivity index (χ4v) is 19.4. The summed E-state index contributed by atoms with van der Waals surface area (Å²) in [4.78, 5) is 0. The van der Waals surface area contributed by atoms with E-state index in [1.807, 2.05) is 47.7 Å². The van der Waals surface area contributed by atoms with Crippen LogP contribution in [-0.4, -0.2) is 17.2 Å². The van der Waals surface area contributed by atoms with E-state index < -0.39 is 8.07 Å². The van der Waals surface area contributed by atoms with E-state index in [4.69, 9.17) is 4.42 Å². The first-order chi connectivity index (χ1) is 47.5.